The fraction of sp³-hybridized carbons (Fsp3) is 0.0588. The van der Waals surface area contributed by atoms with E-state index in [9.17, 15) is 9.59 Å². The summed E-state index contributed by atoms with van der Waals surface area (Å²) in [6, 6.07) is 13.8. The van der Waals surface area contributed by atoms with E-state index < -0.39 is 18.2 Å². The molecule has 1 aromatic heterocycles. The van der Waals surface area contributed by atoms with E-state index in [1.807, 2.05) is 6.07 Å². The Hall–Kier alpha value is -2.60. The number of carboxylic acids is 1. The van der Waals surface area contributed by atoms with Crippen molar-refractivity contribution in [1.29, 1.82) is 0 Å². The maximum Gasteiger partial charge on any atom is 0.344 e. The van der Waals surface area contributed by atoms with Crippen LogP contribution in [0.3, 0.4) is 0 Å². The van der Waals surface area contributed by atoms with Gasteiger partial charge in [0, 0.05) is 9.86 Å². The zero-order valence-corrected chi connectivity index (χ0v) is 13.4. The largest absolute Gasteiger partial charge is 0.482 e. The first-order valence-electron chi connectivity index (χ1n) is 6.71. The number of hydrogen-bond acceptors (Lipinski definition) is 4. The highest BCUT2D eigenvalue weighted by Crippen LogP contribution is 2.25. The molecule has 0 saturated carbocycles. The summed E-state index contributed by atoms with van der Waals surface area (Å²) >= 11 is 3.39. The van der Waals surface area contributed by atoms with Crippen molar-refractivity contribution >= 4 is 32.9 Å². The molecule has 0 bridgehead atoms. The molecule has 3 aromatic rings. The zero-order valence-electron chi connectivity index (χ0n) is 11.8. The molecule has 23 heavy (non-hydrogen) atoms. The summed E-state index contributed by atoms with van der Waals surface area (Å²) in [7, 11) is 0. The molecule has 0 aliphatic rings. The Labute approximate surface area is 139 Å². The van der Waals surface area contributed by atoms with Gasteiger partial charge in [-0.25, -0.2) is 9.59 Å². The molecule has 116 valence electrons. The van der Waals surface area contributed by atoms with Gasteiger partial charge in [-0.3, -0.25) is 0 Å². The number of hydrogen-bond donors (Lipinski definition) is 1. The summed E-state index contributed by atoms with van der Waals surface area (Å²) < 4.78 is 11.3. The highest BCUT2D eigenvalue weighted by molar-refractivity contribution is 9.10. The second-order valence-corrected chi connectivity index (χ2v) is 5.75. The lowest BCUT2D eigenvalue weighted by molar-refractivity contribution is -0.139. The van der Waals surface area contributed by atoms with Crippen LogP contribution in [0.5, 0.6) is 5.75 Å². The van der Waals surface area contributed by atoms with Crippen LogP contribution in [-0.2, 0) is 4.79 Å². The molecule has 0 aliphatic carbocycles. The van der Waals surface area contributed by atoms with Crippen LogP contribution in [0.1, 0.15) is 0 Å². The van der Waals surface area contributed by atoms with Crippen molar-refractivity contribution in [1.82, 2.24) is 0 Å². The normalized spacial score (nSPS) is 10.7. The molecule has 0 amide bonds. The van der Waals surface area contributed by atoms with E-state index in [1.165, 1.54) is 0 Å². The number of fused-ring (bicyclic) bond motifs is 1. The predicted octanol–water partition coefficient (Wildman–Crippen LogP) is 3.69. The zero-order chi connectivity index (χ0) is 16.4. The Morgan fingerprint density at radius 3 is 2.57 bits per heavy atom. The Morgan fingerprint density at radius 1 is 1.13 bits per heavy atom. The van der Waals surface area contributed by atoms with Gasteiger partial charge in [-0.15, -0.1) is 0 Å². The van der Waals surface area contributed by atoms with Gasteiger partial charge >= 0.3 is 11.6 Å². The first kappa shape index (κ1) is 15.3. The lowest BCUT2D eigenvalue weighted by Crippen LogP contribution is -2.09. The molecule has 0 aliphatic heterocycles. The van der Waals surface area contributed by atoms with Gasteiger partial charge in [-0.1, -0.05) is 28.1 Å². The third kappa shape index (κ3) is 3.43. The highest BCUT2D eigenvalue weighted by atomic mass is 79.9. The van der Waals surface area contributed by atoms with Gasteiger partial charge in [-0.2, -0.15) is 0 Å². The predicted molar refractivity (Wildman–Crippen MR) is 88.8 cm³/mol. The molecule has 3 rings (SSSR count). The fourth-order valence-corrected chi connectivity index (χ4v) is 2.55. The van der Waals surface area contributed by atoms with Gasteiger partial charge < -0.3 is 14.3 Å². The minimum absolute atomic E-state index is 0.411. The van der Waals surface area contributed by atoms with Gasteiger partial charge in [0.1, 0.15) is 11.3 Å². The molecule has 0 radical (unpaired) electrons. The molecule has 0 spiro atoms. The van der Waals surface area contributed by atoms with Crippen LogP contribution < -0.4 is 10.4 Å². The number of benzene rings is 2. The number of carbonyl (C=O) groups is 1. The molecule has 0 fully saturated rings. The molecule has 1 heterocycles. The van der Waals surface area contributed by atoms with Crippen LogP contribution in [0.2, 0.25) is 0 Å². The molecular formula is C17H11BrO5. The Bertz CT molecular complexity index is 928. The van der Waals surface area contributed by atoms with Crippen LogP contribution in [-0.4, -0.2) is 17.7 Å². The number of halogens is 1. The third-order valence-electron chi connectivity index (χ3n) is 3.22. The third-order valence-corrected chi connectivity index (χ3v) is 3.72. The van der Waals surface area contributed by atoms with E-state index in [2.05, 4.69) is 15.9 Å². The maximum absolute atomic E-state index is 12.1. The number of ether oxygens (including phenoxy) is 1. The number of carboxylic acid groups (broad SMARTS) is 1. The van der Waals surface area contributed by atoms with Crippen molar-refractivity contribution in [2.24, 2.45) is 0 Å². The van der Waals surface area contributed by atoms with E-state index >= 15 is 0 Å². The van der Waals surface area contributed by atoms with E-state index in [4.69, 9.17) is 14.3 Å². The average molecular weight is 375 g/mol. The molecule has 5 nitrogen and oxygen atoms in total. The number of aliphatic carboxylic acids is 1. The second-order valence-electron chi connectivity index (χ2n) is 4.84. The quantitative estimate of drug-likeness (QED) is 0.704. The van der Waals surface area contributed by atoms with Crippen molar-refractivity contribution in [2.75, 3.05) is 6.61 Å². The topological polar surface area (TPSA) is 76.7 Å². The highest BCUT2D eigenvalue weighted by Gasteiger charge is 2.09. The first-order chi connectivity index (χ1) is 11.0. The van der Waals surface area contributed by atoms with Crippen molar-refractivity contribution in [2.45, 2.75) is 0 Å². The molecule has 1 N–H and O–H groups in total. The lowest BCUT2D eigenvalue weighted by atomic mass is 10.1. The molecule has 0 saturated heterocycles. The summed E-state index contributed by atoms with van der Waals surface area (Å²) in [4.78, 5) is 22.6. The van der Waals surface area contributed by atoms with Gasteiger partial charge in [0.15, 0.2) is 6.61 Å². The van der Waals surface area contributed by atoms with Crippen molar-refractivity contribution < 1.29 is 19.1 Å². The average Bonchev–Trinajstić information content (AvgIpc) is 2.53. The van der Waals surface area contributed by atoms with Gasteiger partial charge in [0.2, 0.25) is 0 Å². The first-order valence-corrected chi connectivity index (χ1v) is 7.51. The maximum atomic E-state index is 12.1. The van der Waals surface area contributed by atoms with E-state index in [0.717, 1.165) is 9.86 Å². The van der Waals surface area contributed by atoms with Gasteiger partial charge in [0.25, 0.3) is 0 Å². The van der Waals surface area contributed by atoms with Crippen LogP contribution in [0, 0.1) is 0 Å². The standard InChI is InChI=1S/C17H11BrO5/c18-12-3-6-15-11(7-12)8-14(17(21)23-15)10-1-4-13(5-2-10)22-9-16(19)20/h1-8H,9H2,(H,19,20). The smallest absolute Gasteiger partial charge is 0.344 e. The summed E-state index contributed by atoms with van der Waals surface area (Å²) in [6.45, 7) is -0.411. The molecule has 0 unspecified atom stereocenters. The van der Waals surface area contributed by atoms with Crippen molar-refractivity contribution in [3.8, 4) is 16.9 Å². The van der Waals surface area contributed by atoms with E-state index in [0.29, 0.717) is 22.5 Å². The molecule has 0 atom stereocenters. The summed E-state index contributed by atoms with van der Waals surface area (Å²) in [6.07, 6.45) is 0. The van der Waals surface area contributed by atoms with Crippen LogP contribution in [0.15, 0.2) is 62.2 Å². The Balaban J connectivity index is 1.97. The minimum Gasteiger partial charge on any atom is -0.482 e. The van der Waals surface area contributed by atoms with Crippen molar-refractivity contribution in [3.05, 3.63) is 63.4 Å². The van der Waals surface area contributed by atoms with Gasteiger partial charge in [0.05, 0.1) is 5.56 Å². The second kappa shape index (κ2) is 6.26. The monoisotopic (exact) mass is 374 g/mol. The fourth-order valence-electron chi connectivity index (χ4n) is 2.17. The molecule has 2 aromatic carbocycles. The van der Waals surface area contributed by atoms with Crippen molar-refractivity contribution in [3.63, 3.8) is 0 Å². The van der Waals surface area contributed by atoms with Crippen LogP contribution in [0.4, 0.5) is 0 Å². The summed E-state index contributed by atoms with van der Waals surface area (Å²) in [5.41, 5.74) is 1.19. The Kier molecular flexibility index (Phi) is 4.16. The minimum atomic E-state index is -1.05. The van der Waals surface area contributed by atoms with Gasteiger partial charge in [-0.05, 0) is 42.0 Å². The van der Waals surface area contributed by atoms with E-state index in [-0.39, 0.29) is 0 Å². The summed E-state index contributed by atoms with van der Waals surface area (Å²) in [5, 5.41) is 9.39. The van der Waals surface area contributed by atoms with Crippen LogP contribution in [0.25, 0.3) is 22.1 Å². The Morgan fingerprint density at radius 2 is 1.87 bits per heavy atom. The summed E-state index contributed by atoms with van der Waals surface area (Å²) in [5.74, 6) is -0.626. The SMILES string of the molecule is O=C(O)COc1ccc(-c2cc3cc(Br)ccc3oc2=O)cc1. The lowest BCUT2D eigenvalue weighted by Gasteiger charge is -2.06. The molecule has 6 heteroatoms. The number of rotatable bonds is 4. The van der Waals surface area contributed by atoms with Crippen LogP contribution >= 0.6 is 15.9 Å². The van der Waals surface area contributed by atoms with E-state index in [1.54, 1.807) is 42.5 Å². The molecular weight excluding hydrogens is 364 g/mol.